The van der Waals surface area contributed by atoms with Crippen molar-refractivity contribution in [1.82, 2.24) is 0 Å². The lowest BCUT2D eigenvalue weighted by atomic mass is 10.1. The zero-order valence-electron chi connectivity index (χ0n) is 10.8. The fraction of sp³-hybridized carbons (Fsp3) is 0.571. The van der Waals surface area contributed by atoms with Crippen molar-refractivity contribution in [3.8, 4) is 11.5 Å². The van der Waals surface area contributed by atoms with E-state index in [1.54, 1.807) is 7.11 Å². The monoisotopic (exact) mass is 300 g/mol. The second-order valence-electron chi connectivity index (χ2n) is 4.31. The maximum absolute atomic E-state index is 5.87. The van der Waals surface area contributed by atoms with Crippen molar-refractivity contribution in [3.05, 3.63) is 23.8 Å². The lowest BCUT2D eigenvalue weighted by Gasteiger charge is -2.15. The SMILES string of the molecule is CCCC(C)COc1cc(OC)ccc1CBr. The van der Waals surface area contributed by atoms with Gasteiger partial charge in [-0.3, -0.25) is 0 Å². The van der Waals surface area contributed by atoms with E-state index in [1.165, 1.54) is 12.8 Å². The summed E-state index contributed by atoms with van der Waals surface area (Å²) in [6.45, 7) is 5.18. The maximum Gasteiger partial charge on any atom is 0.127 e. The van der Waals surface area contributed by atoms with Gasteiger partial charge >= 0.3 is 0 Å². The topological polar surface area (TPSA) is 18.5 Å². The Labute approximate surface area is 112 Å². The van der Waals surface area contributed by atoms with Crippen molar-refractivity contribution in [2.24, 2.45) is 5.92 Å². The number of halogens is 1. The van der Waals surface area contributed by atoms with Gasteiger partial charge in [0.15, 0.2) is 0 Å². The van der Waals surface area contributed by atoms with Crippen LogP contribution in [0.4, 0.5) is 0 Å². The molecule has 0 aliphatic heterocycles. The Morgan fingerprint density at radius 3 is 2.71 bits per heavy atom. The zero-order chi connectivity index (χ0) is 12.7. The zero-order valence-corrected chi connectivity index (χ0v) is 12.4. The minimum Gasteiger partial charge on any atom is -0.497 e. The maximum atomic E-state index is 5.87. The van der Waals surface area contributed by atoms with E-state index in [2.05, 4.69) is 29.8 Å². The summed E-state index contributed by atoms with van der Waals surface area (Å²) in [5.41, 5.74) is 1.16. The molecule has 1 aromatic rings. The summed E-state index contributed by atoms with van der Waals surface area (Å²) < 4.78 is 11.1. The Bertz CT molecular complexity index is 339. The van der Waals surface area contributed by atoms with Gasteiger partial charge in [0.2, 0.25) is 0 Å². The summed E-state index contributed by atoms with van der Waals surface area (Å²) in [5.74, 6) is 2.35. The molecule has 3 heteroatoms. The molecule has 17 heavy (non-hydrogen) atoms. The summed E-state index contributed by atoms with van der Waals surface area (Å²) in [4.78, 5) is 0. The van der Waals surface area contributed by atoms with Gasteiger partial charge in [0, 0.05) is 17.0 Å². The van der Waals surface area contributed by atoms with Crippen molar-refractivity contribution in [2.75, 3.05) is 13.7 Å². The van der Waals surface area contributed by atoms with Gasteiger partial charge in [0.25, 0.3) is 0 Å². The molecule has 0 heterocycles. The van der Waals surface area contributed by atoms with E-state index in [-0.39, 0.29) is 0 Å². The van der Waals surface area contributed by atoms with Crippen LogP contribution in [0.3, 0.4) is 0 Å². The van der Waals surface area contributed by atoms with Gasteiger partial charge in [-0.25, -0.2) is 0 Å². The van der Waals surface area contributed by atoms with Crippen LogP contribution in [0.15, 0.2) is 18.2 Å². The second kappa shape index (κ2) is 7.59. The third-order valence-electron chi connectivity index (χ3n) is 2.72. The van der Waals surface area contributed by atoms with Crippen LogP contribution < -0.4 is 9.47 Å². The summed E-state index contributed by atoms with van der Waals surface area (Å²) in [6, 6.07) is 5.95. The molecule has 96 valence electrons. The molecular weight excluding hydrogens is 280 g/mol. The number of hydrogen-bond acceptors (Lipinski definition) is 2. The number of hydrogen-bond donors (Lipinski definition) is 0. The lowest BCUT2D eigenvalue weighted by Crippen LogP contribution is -2.09. The van der Waals surface area contributed by atoms with Crippen molar-refractivity contribution in [1.29, 1.82) is 0 Å². The van der Waals surface area contributed by atoms with Gasteiger partial charge < -0.3 is 9.47 Å². The molecule has 0 spiro atoms. The van der Waals surface area contributed by atoms with Crippen molar-refractivity contribution in [2.45, 2.75) is 32.0 Å². The predicted octanol–water partition coefficient (Wildman–Crippen LogP) is 4.41. The van der Waals surface area contributed by atoms with E-state index < -0.39 is 0 Å². The average molecular weight is 301 g/mol. The molecule has 0 bridgehead atoms. The van der Waals surface area contributed by atoms with E-state index >= 15 is 0 Å². The number of benzene rings is 1. The predicted molar refractivity (Wildman–Crippen MR) is 75.2 cm³/mol. The molecule has 2 nitrogen and oxygen atoms in total. The normalized spacial score (nSPS) is 12.2. The minimum atomic E-state index is 0.592. The molecule has 0 fully saturated rings. The Hall–Kier alpha value is -0.700. The summed E-state index contributed by atoms with van der Waals surface area (Å²) in [5, 5.41) is 0.800. The minimum absolute atomic E-state index is 0.592. The Balaban J connectivity index is 2.67. The molecule has 0 aliphatic carbocycles. The molecule has 0 saturated carbocycles. The van der Waals surface area contributed by atoms with Gasteiger partial charge in [-0.2, -0.15) is 0 Å². The van der Waals surface area contributed by atoms with Crippen LogP contribution in [0.2, 0.25) is 0 Å². The first kappa shape index (κ1) is 14.4. The van der Waals surface area contributed by atoms with Gasteiger partial charge in [-0.15, -0.1) is 0 Å². The molecule has 1 rings (SSSR count). The molecule has 0 aromatic heterocycles. The van der Waals surface area contributed by atoms with Crippen LogP contribution in [0.1, 0.15) is 32.3 Å². The number of rotatable bonds is 7. The Kier molecular flexibility index (Phi) is 6.41. The van der Waals surface area contributed by atoms with Crippen molar-refractivity contribution >= 4 is 15.9 Å². The number of methoxy groups -OCH3 is 1. The van der Waals surface area contributed by atoms with Crippen LogP contribution in [0.5, 0.6) is 11.5 Å². The number of alkyl halides is 1. The fourth-order valence-corrected chi connectivity index (χ4v) is 2.18. The largest absolute Gasteiger partial charge is 0.497 e. The molecule has 0 amide bonds. The smallest absolute Gasteiger partial charge is 0.127 e. The van der Waals surface area contributed by atoms with E-state index in [9.17, 15) is 0 Å². The highest BCUT2D eigenvalue weighted by atomic mass is 79.9. The molecule has 1 atom stereocenters. The standard InChI is InChI=1S/C14H21BrO2/c1-4-5-11(2)10-17-14-8-13(16-3)7-6-12(14)9-15/h6-8,11H,4-5,9-10H2,1-3H3. The highest BCUT2D eigenvalue weighted by Gasteiger charge is 2.07. The van der Waals surface area contributed by atoms with E-state index in [0.717, 1.165) is 29.0 Å². The van der Waals surface area contributed by atoms with Crippen molar-refractivity contribution < 1.29 is 9.47 Å². The van der Waals surface area contributed by atoms with Crippen LogP contribution in [0.25, 0.3) is 0 Å². The fourth-order valence-electron chi connectivity index (χ4n) is 1.71. The second-order valence-corrected chi connectivity index (χ2v) is 4.87. The molecule has 1 aromatic carbocycles. The van der Waals surface area contributed by atoms with E-state index in [0.29, 0.717) is 5.92 Å². The van der Waals surface area contributed by atoms with Crippen LogP contribution in [-0.4, -0.2) is 13.7 Å². The van der Waals surface area contributed by atoms with Crippen LogP contribution >= 0.6 is 15.9 Å². The molecule has 0 radical (unpaired) electrons. The molecule has 0 saturated heterocycles. The summed E-state index contributed by atoms with van der Waals surface area (Å²) in [6.07, 6.45) is 2.40. The summed E-state index contributed by atoms with van der Waals surface area (Å²) >= 11 is 3.47. The van der Waals surface area contributed by atoms with E-state index in [4.69, 9.17) is 9.47 Å². The quantitative estimate of drug-likeness (QED) is 0.695. The van der Waals surface area contributed by atoms with Crippen molar-refractivity contribution in [3.63, 3.8) is 0 Å². The molecule has 0 aliphatic rings. The van der Waals surface area contributed by atoms with Gasteiger partial charge in [0.05, 0.1) is 13.7 Å². The highest BCUT2D eigenvalue weighted by Crippen LogP contribution is 2.27. The third kappa shape index (κ3) is 4.58. The van der Waals surface area contributed by atoms with Crippen LogP contribution in [0, 0.1) is 5.92 Å². The first-order valence-electron chi connectivity index (χ1n) is 6.06. The van der Waals surface area contributed by atoms with Gasteiger partial charge in [-0.1, -0.05) is 42.3 Å². The first-order valence-corrected chi connectivity index (χ1v) is 7.19. The first-order chi connectivity index (χ1) is 8.21. The molecule has 1 unspecified atom stereocenters. The molecular formula is C14H21BrO2. The lowest BCUT2D eigenvalue weighted by molar-refractivity contribution is 0.249. The summed E-state index contributed by atoms with van der Waals surface area (Å²) in [7, 11) is 1.67. The molecule has 0 N–H and O–H groups in total. The van der Waals surface area contributed by atoms with Crippen LogP contribution in [-0.2, 0) is 5.33 Å². The number of ether oxygens (including phenoxy) is 2. The van der Waals surface area contributed by atoms with Gasteiger partial charge in [-0.05, 0) is 18.4 Å². The third-order valence-corrected chi connectivity index (χ3v) is 3.33. The Morgan fingerprint density at radius 1 is 1.35 bits per heavy atom. The van der Waals surface area contributed by atoms with E-state index in [1.807, 2.05) is 18.2 Å². The Morgan fingerprint density at radius 2 is 2.12 bits per heavy atom. The average Bonchev–Trinajstić information content (AvgIpc) is 2.36. The highest BCUT2D eigenvalue weighted by molar-refractivity contribution is 9.08. The van der Waals surface area contributed by atoms with Gasteiger partial charge in [0.1, 0.15) is 11.5 Å².